The van der Waals surface area contributed by atoms with Gasteiger partial charge in [-0.1, -0.05) is 0 Å². The van der Waals surface area contributed by atoms with Crippen LogP contribution < -0.4 is 0 Å². The van der Waals surface area contributed by atoms with Crippen LogP contribution in [0, 0.1) is 11.3 Å². The second kappa shape index (κ2) is 4.87. The van der Waals surface area contributed by atoms with Crippen LogP contribution in [-0.2, 0) is 4.52 Å². The molecule has 0 amide bonds. The molecule has 0 saturated heterocycles. The molecule has 0 heterocycles. The molecule has 58 valence electrons. The van der Waals surface area contributed by atoms with Gasteiger partial charge in [-0.05, 0) is 32.3 Å². The fourth-order valence-corrected chi connectivity index (χ4v) is 1.10. The fraction of sp³-hybridized carbons (Fsp3) is 0.800. The second-order valence-electron chi connectivity index (χ2n) is 1.95. The van der Waals surface area contributed by atoms with Crippen molar-refractivity contribution in [2.75, 3.05) is 14.1 Å². The van der Waals surface area contributed by atoms with Crippen LogP contribution in [0.15, 0.2) is 0 Å². The maximum atomic E-state index is 8.32. The Morgan fingerprint density at radius 2 is 2.20 bits per heavy atom. The number of nitrogens with zero attached hydrogens (tertiary/aromatic N) is 2. The van der Waals surface area contributed by atoms with Gasteiger partial charge in [-0.3, -0.25) is 4.67 Å². The van der Waals surface area contributed by atoms with Gasteiger partial charge in [0, 0.05) is 0 Å². The van der Waals surface area contributed by atoms with E-state index in [1.165, 1.54) is 0 Å². The topological polar surface area (TPSA) is 36.3 Å². The summed E-state index contributed by atoms with van der Waals surface area (Å²) < 4.78 is 6.80. The molecule has 0 fully saturated rings. The molecule has 0 N–H and O–H groups in total. The lowest BCUT2D eigenvalue weighted by molar-refractivity contribution is 0.296. The summed E-state index contributed by atoms with van der Waals surface area (Å²) in [5, 5.41) is 8.32. The monoisotopic (exact) mass is 180 g/mol. The van der Waals surface area contributed by atoms with Crippen LogP contribution in [0.5, 0.6) is 0 Å². The van der Waals surface area contributed by atoms with Gasteiger partial charge in [-0.15, -0.1) is 0 Å². The van der Waals surface area contributed by atoms with Crippen LogP contribution in [0.3, 0.4) is 0 Å². The third-order valence-corrected chi connectivity index (χ3v) is 3.01. The quantitative estimate of drug-likeness (QED) is 0.623. The maximum Gasteiger partial charge on any atom is 0.207 e. The third kappa shape index (κ3) is 4.03. The lowest BCUT2D eigenvalue weighted by atomic mass is 10.5. The molecule has 0 spiro atoms. The van der Waals surface area contributed by atoms with E-state index in [1.54, 1.807) is 11.6 Å². The van der Waals surface area contributed by atoms with Gasteiger partial charge < -0.3 is 4.52 Å². The van der Waals surface area contributed by atoms with E-state index in [4.69, 9.17) is 21.0 Å². The van der Waals surface area contributed by atoms with Gasteiger partial charge >= 0.3 is 0 Å². The van der Waals surface area contributed by atoms with Crippen molar-refractivity contribution >= 4 is 18.9 Å². The predicted molar refractivity (Wildman–Crippen MR) is 42.6 cm³/mol. The maximum absolute atomic E-state index is 8.32. The van der Waals surface area contributed by atoms with E-state index < -0.39 is 13.8 Å². The summed E-state index contributed by atoms with van der Waals surface area (Å²) in [6.45, 7) is 1.67. The standard InChI is InChI=1S/C5H10ClN2OP/c1-5(4-7)9-10(6)8(2)3/h5H,1-3H3. The van der Waals surface area contributed by atoms with Gasteiger partial charge in [0.2, 0.25) is 7.65 Å². The van der Waals surface area contributed by atoms with E-state index in [0.717, 1.165) is 0 Å². The van der Waals surface area contributed by atoms with Crippen LogP contribution >= 0.6 is 18.9 Å². The molecule has 0 rings (SSSR count). The molecule has 3 nitrogen and oxygen atoms in total. The molecule has 10 heavy (non-hydrogen) atoms. The SMILES string of the molecule is CC(C#N)OP(Cl)N(C)C. The first-order valence-electron chi connectivity index (χ1n) is 2.77. The number of hydrogen-bond acceptors (Lipinski definition) is 3. The lowest BCUT2D eigenvalue weighted by Gasteiger charge is -2.17. The highest BCUT2D eigenvalue weighted by Gasteiger charge is 2.11. The molecule has 0 aromatic rings. The van der Waals surface area contributed by atoms with Crippen LogP contribution in [0.2, 0.25) is 0 Å². The van der Waals surface area contributed by atoms with Crippen molar-refractivity contribution in [2.24, 2.45) is 0 Å². The molecule has 0 radical (unpaired) electrons. The summed E-state index contributed by atoms with van der Waals surface area (Å²) in [6.07, 6.45) is -0.425. The van der Waals surface area contributed by atoms with Gasteiger partial charge in [0.05, 0.1) is 6.07 Å². The Bertz CT molecular complexity index is 136. The van der Waals surface area contributed by atoms with Crippen LogP contribution in [0.1, 0.15) is 6.92 Å². The molecular weight excluding hydrogens is 170 g/mol. The van der Waals surface area contributed by atoms with E-state index >= 15 is 0 Å². The Balaban J connectivity index is 3.59. The Morgan fingerprint density at radius 1 is 1.70 bits per heavy atom. The van der Waals surface area contributed by atoms with Crippen molar-refractivity contribution in [3.05, 3.63) is 0 Å². The summed E-state index contributed by atoms with van der Waals surface area (Å²) >= 11 is 5.71. The van der Waals surface area contributed by atoms with E-state index in [1.807, 2.05) is 20.2 Å². The summed E-state index contributed by atoms with van der Waals surface area (Å²) in [6, 6.07) is 1.93. The number of rotatable bonds is 3. The third-order valence-electron chi connectivity index (χ3n) is 0.741. The minimum absolute atomic E-state index is 0.425. The Labute approximate surface area is 67.2 Å². The summed E-state index contributed by atoms with van der Waals surface area (Å²) in [7, 11) is 2.51. The Hall–Kier alpha value is 0.130. The van der Waals surface area contributed by atoms with Crippen molar-refractivity contribution in [1.82, 2.24) is 4.67 Å². The van der Waals surface area contributed by atoms with Crippen LogP contribution in [0.25, 0.3) is 0 Å². The van der Waals surface area contributed by atoms with Crippen LogP contribution in [-0.4, -0.2) is 24.9 Å². The van der Waals surface area contributed by atoms with Crippen LogP contribution in [0.4, 0.5) is 0 Å². The molecule has 2 unspecified atom stereocenters. The molecule has 0 aromatic heterocycles. The highest BCUT2D eigenvalue weighted by atomic mass is 35.7. The lowest BCUT2D eigenvalue weighted by Crippen LogP contribution is -2.07. The number of halogens is 1. The molecule has 0 aromatic carbocycles. The zero-order valence-electron chi connectivity index (χ0n) is 6.21. The highest BCUT2D eigenvalue weighted by molar-refractivity contribution is 7.78. The molecule has 5 heteroatoms. The summed E-state index contributed by atoms with van der Waals surface area (Å²) in [5.74, 6) is 0. The zero-order chi connectivity index (χ0) is 8.15. The minimum Gasteiger partial charge on any atom is -0.313 e. The first-order valence-corrected chi connectivity index (χ1v) is 4.89. The molecule has 2 atom stereocenters. The number of hydrogen-bond donors (Lipinski definition) is 0. The fourth-order valence-electron chi connectivity index (χ4n) is 0.248. The van der Waals surface area contributed by atoms with E-state index in [2.05, 4.69) is 0 Å². The average Bonchev–Trinajstić information content (AvgIpc) is 1.87. The second-order valence-corrected chi connectivity index (χ2v) is 4.28. The Kier molecular flexibility index (Phi) is 4.93. The van der Waals surface area contributed by atoms with Gasteiger partial charge in [0.15, 0.2) is 0 Å². The van der Waals surface area contributed by atoms with Crippen molar-refractivity contribution in [3.63, 3.8) is 0 Å². The molecule has 0 aliphatic heterocycles. The molecule has 0 aliphatic rings. The first kappa shape index (κ1) is 10.1. The normalized spacial score (nSPS) is 16.4. The molecule has 0 aliphatic carbocycles. The van der Waals surface area contributed by atoms with Crippen molar-refractivity contribution in [1.29, 1.82) is 5.26 Å². The van der Waals surface area contributed by atoms with E-state index in [9.17, 15) is 0 Å². The molecular formula is C5H10ClN2OP. The van der Waals surface area contributed by atoms with Gasteiger partial charge in [-0.25, -0.2) is 0 Å². The van der Waals surface area contributed by atoms with Gasteiger partial charge in [0.1, 0.15) is 6.10 Å². The predicted octanol–water partition coefficient (Wildman–Crippen LogP) is 1.94. The van der Waals surface area contributed by atoms with E-state index in [-0.39, 0.29) is 0 Å². The smallest absolute Gasteiger partial charge is 0.207 e. The van der Waals surface area contributed by atoms with Crippen molar-refractivity contribution in [2.45, 2.75) is 13.0 Å². The number of nitriles is 1. The largest absolute Gasteiger partial charge is 0.313 e. The molecule has 0 bridgehead atoms. The van der Waals surface area contributed by atoms with Crippen molar-refractivity contribution < 1.29 is 4.52 Å². The summed E-state index contributed by atoms with van der Waals surface area (Å²) in [5.41, 5.74) is 0. The summed E-state index contributed by atoms with van der Waals surface area (Å²) in [4.78, 5) is 0. The average molecular weight is 181 g/mol. The Morgan fingerprint density at radius 3 is 2.50 bits per heavy atom. The van der Waals surface area contributed by atoms with Gasteiger partial charge in [0.25, 0.3) is 0 Å². The highest BCUT2D eigenvalue weighted by Crippen LogP contribution is 2.45. The molecule has 0 saturated carbocycles. The minimum atomic E-state index is -1.10. The van der Waals surface area contributed by atoms with E-state index in [0.29, 0.717) is 0 Å². The van der Waals surface area contributed by atoms with Gasteiger partial charge in [-0.2, -0.15) is 5.26 Å². The first-order chi connectivity index (χ1) is 4.57. The van der Waals surface area contributed by atoms with Crippen molar-refractivity contribution in [3.8, 4) is 6.07 Å². The zero-order valence-corrected chi connectivity index (χ0v) is 7.86.